The van der Waals surface area contributed by atoms with E-state index in [1.807, 2.05) is 31.5 Å². The fourth-order valence-corrected chi connectivity index (χ4v) is 3.80. The molecule has 0 radical (unpaired) electrons. The van der Waals surface area contributed by atoms with Gasteiger partial charge in [-0.3, -0.25) is 9.67 Å². The van der Waals surface area contributed by atoms with Crippen LogP contribution in [-0.4, -0.2) is 35.8 Å². The molecule has 1 heterocycles. The normalized spacial score (nSPS) is 12.5. The maximum Gasteiger partial charge on any atom is 0.340 e. The number of hydrogen-bond donors (Lipinski definition) is 0. The summed E-state index contributed by atoms with van der Waals surface area (Å²) in [4.78, 5) is 16.8. The molecule has 0 N–H and O–H groups in total. The van der Waals surface area contributed by atoms with Crippen LogP contribution in [0.25, 0.3) is 11.3 Å². The minimum Gasteiger partial charge on any atom is -0.454 e. The van der Waals surface area contributed by atoms with Crippen LogP contribution in [0.2, 0.25) is 0 Å². The number of ether oxygens (including phenoxy) is 2. The van der Waals surface area contributed by atoms with Crippen LogP contribution < -0.4 is 0 Å². The molecule has 35 heavy (non-hydrogen) atoms. The van der Waals surface area contributed by atoms with Gasteiger partial charge in [0.25, 0.3) is 0 Å². The van der Waals surface area contributed by atoms with Gasteiger partial charge in [-0.25, -0.2) is 4.79 Å². The summed E-state index contributed by atoms with van der Waals surface area (Å²) in [5.74, 6) is 0.127. The Morgan fingerprint density at radius 3 is 2.23 bits per heavy atom. The number of rotatable bonds is 8. The van der Waals surface area contributed by atoms with Gasteiger partial charge in [0.15, 0.2) is 5.76 Å². The molecule has 0 aliphatic carbocycles. The first-order chi connectivity index (χ1) is 16.7. The fourth-order valence-electron chi connectivity index (χ4n) is 3.80. The number of aromatic nitrogens is 2. The van der Waals surface area contributed by atoms with Crippen molar-refractivity contribution in [1.82, 2.24) is 9.78 Å². The summed E-state index contributed by atoms with van der Waals surface area (Å²) in [7, 11) is 1.73. The maximum atomic E-state index is 12.5. The summed E-state index contributed by atoms with van der Waals surface area (Å²) >= 11 is 0. The van der Waals surface area contributed by atoms with Crippen LogP contribution in [0.1, 0.15) is 66.1 Å². The molecule has 3 aromatic rings. The largest absolute Gasteiger partial charge is 0.454 e. The Morgan fingerprint density at radius 2 is 1.66 bits per heavy atom. The topological polar surface area (TPSA) is 65.7 Å². The van der Waals surface area contributed by atoms with Gasteiger partial charge in [-0.05, 0) is 49.4 Å². The highest BCUT2D eigenvalue weighted by molar-refractivity contribution is 6.18. The molecule has 6 heteroatoms. The summed E-state index contributed by atoms with van der Waals surface area (Å²) in [5, 5.41) is 4.67. The Hall–Kier alpha value is -3.67. The van der Waals surface area contributed by atoms with E-state index >= 15 is 0 Å². The average Bonchev–Trinajstić information content (AvgIpc) is 3.14. The Bertz CT molecular complexity index is 1210. The van der Waals surface area contributed by atoms with Crippen molar-refractivity contribution in [3.05, 3.63) is 88.2 Å². The van der Waals surface area contributed by atoms with Gasteiger partial charge < -0.3 is 9.47 Å². The van der Waals surface area contributed by atoms with Crippen LogP contribution in [-0.2, 0) is 21.4 Å². The van der Waals surface area contributed by atoms with E-state index in [0.717, 1.165) is 28.1 Å². The zero-order valence-corrected chi connectivity index (χ0v) is 21.8. The number of esters is 1. The second-order valence-electron chi connectivity index (χ2n) is 9.39. The van der Waals surface area contributed by atoms with E-state index in [1.165, 1.54) is 5.56 Å². The van der Waals surface area contributed by atoms with Crippen molar-refractivity contribution in [1.29, 1.82) is 0 Å². The first-order valence-corrected chi connectivity index (χ1v) is 11.8. The van der Waals surface area contributed by atoms with Crippen LogP contribution in [0.5, 0.6) is 0 Å². The lowest BCUT2D eigenvalue weighted by atomic mass is 9.86. The molecule has 2 aromatic carbocycles. The lowest BCUT2D eigenvalue weighted by Crippen LogP contribution is -2.13. The number of nitrogens with zero attached hydrogens (tertiary/aromatic N) is 3. The zero-order valence-electron chi connectivity index (χ0n) is 21.8. The number of allylic oxidation sites excluding steroid dienone is 1. The smallest absolute Gasteiger partial charge is 0.340 e. The van der Waals surface area contributed by atoms with Crippen LogP contribution >= 0.6 is 0 Å². The number of hydrogen-bond acceptors (Lipinski definition) is 5. The molecule has 0 atom stereocenters. The predicted molar refractivity (Wildman–Crippen MR) is 142 cm³/mol. The van der Waals surface area contributed by atoms with Gasteiger partial charge in [-0.1, -0.05) is 63.2 Å². The predicted octanol–water partition coefficient (Wildman–Crippen LogP) is 6.22. The average molecular weight is 474 g/mol. The molecule has 0 aliphatic rings. The Balaban J connectivity index is 2.06. The fraction of sp³-hybridized carbons (Fsp3) is 0.345. The minimum absolute atomic E-state index is 0.0424. The number of aliphatic imine (C=N–C) groups is 1. The SMILES string of the molecule is CCn1nc(C)c(C)c1/C(OCOC(=O)c1ccccc1)=C(\C=NC)c1ccc(C(C)(C)C)cc1. The molecule has 0 saturated heterocycles. The van der Waals surface area contributed by atoms with Gasteiger partial charge in [0.05, 0.1) is 11.3 Å². The Labute approximate surface area is 208 Å². The van der Waals surface area contributed by atoms with E-state index < -0.39 is 5.97 Å². The third-order valence-electron chi connectivity index (χ3n) is 5.91. The van der Waals surface area contributed by atoms with Crippen molar-refractivity contribution in [2.45, 2.75) is 53.5 Å². The summed E-state index contributed by atoms with van der Waals surface area (Å²) in [6, 6.07) is 17.3. The summed E-state index contributed by atoms with van der Waals surface area (Å²) in [6.45, 7) is 13.0. The van der Waals surface area contributed by atoms with Gasteiger partial charge in [0.1, 0.15) is 5.69 Å². The number of aryl methyl sites for hydroxylation is 2. The molecule has 3 rings (SSSR count). The summed E-state index contributed by atoms with van der Waals surface area (Å²) in [5.41, 5.74) is 6.26. The molecule has 6 nitrogen and oxygen atoms in total. The molecule has 0 unspecified atom stereocenters. The van der Waals surface area contributed by atoms with E-state index in [1.54, 1.807) is 37.5 Å². The van der Waals surface area contributed by atoms with E-state index in [9.17, 15) is 4.79 Å². The number of benzene rings is 2. The van der Waals surface area contributed by atoms with Gasteiger partial charge >= 0.3 is 5.97 Å². The van der Waals surface area contributed by atoms with E-state index in [0.29, 0.717) is 17.9 Å². The summed E-state index contributed by atoms with van der Waals surface area (Å²) < 4.78 is 13.6. The Morgan fingerprint density at radius 1 is 1.00 bits per heavy atom. The highest BCUT2D eigenvalue weighted by Gasteiger charge is 2.22. The van der Waals surface area contributed by atoms with Crippen molar-refractivity contribution in [2.75, 3.05) is 13.8 Å². The van der Waals surface area contributed by atoms with Crippen LogP contribution in [0, 0.1) is 13.8 Å². The van der Waals surface area contributed by atoms with Crippen molar-refractivity contribution in [3.63, 3.8) is 0 Å². The molecular weight excluding hydrogens is 438 g/mol. The molecule has 0 saturated carbocycles. The quantitative estimate of drug-likeness (QED) is 0.169. The zero-order chi connectivity index (χ0) is 25.6. The second-order valence-corrected chi connectivity index (χ2v) is 9.39. The lowest BCUT2D eigenvalue weighted by Gasteiger charge is -2.20. The van der Waals surface area contributed by atoms with Crippen molar-refractivity contribution in [3.8, 4) is 0 Å². The van der Waals surface area contributed by atoms with Gasteiger partial charge in [-0.2, -0.15) is 5.10 Å². The molecule has 0 fully saturated rings. The number of carbonyl (C=O) groups excluding carboxylic acids is 1. The third-order valence-corrected chi connectivity index (χ3v) is 5.91. The van der Waals surface area contributed by atoms with Crippen LogP contribution in [0.15, 0.2) is 59.6 Å². The highest BCUT2D eigenvalue weighted by Crippen LogP contribution is 2.31. The van der Waals surface area contributed by atoms with Crippen LogP contribution in [0.3, 0.4) is 0 Å². The molecule has 184 valence electrons. The molecule has 1 aromatic heterocycles. The summed E-state index contributed by atoms with van der Waals surface area (Å²) in [6.07, 6.45) is 1.78. The molecule has 0 spiro atoms. The molecular formula is C29H35N3O3. The van der Waals surface area contributed by atoms with E-state index in [2.05, 4.69) is 55.1 Å². The van der Waals surface area contributed by atoms with Gasteiger partial charge in [-0.15, -0.1) is 0 Å². The van der Waals surface area contributed by atoms with Crippen molar-refractivity contribution in [2.24, 2.45) is 4.99 Å². The van der Waals surface area contributed by atoms with Crippen LogP contribution in [0.4, 0.5) is 0 Å². The maximum absolute atomic E-state index is 12.5. The van der Waals surface area contributed by atoms with E-state index in [-0.39, 0.29) is 12.2 Å². The molecule has 0 bridgehead atoms. The van der Waals surface area contributed by atoms with Gasteiger partial charge in [0, 0.05) is 30.9 Å². The number of carbonyl (C=O) groups is 1. The Kier molecular flexibility index (Phi) is 8.28. The van der Waals surface area contributed by atoms with E-state index in [4.69, 9.17) is 9.47 Å². The molecule has 0 aliphatic heterocycles. The first-order valence-electron chi connectivity index (χ1n) is 11.8. The van der Waals surface area contributed by atoms with Crippen molar-refractivity contribution < 1.29 is 14.3 Å². The standard InChI is InChI=1S/C29H35N3O3/c1-8-32-26(20(2)21(3)31-32)27(34-19-35-28(33)23-12-10-9-11-13-23)25(18-30-7)22-14-16-24(17-15-22)29(4,5)6/h9-18H,8,19H2,1-7H3/b27-25-,30-18?. The first kappa shape index (κ1) is 25.9. The minimum atomic E-state index is -0.443. The van der Waals surface area contributed by atoms with Gasteiger partial charge in [0.2, 0.25) is 6.79 Å². The third kappa shape index (κ3) is 6.07. The van der Waals surface area contributed by atoms with Crippen molar-refractivity contribution >= 4 is 23.5 Å². The second kappa shape index (κ2) is 11.2. The monoisotopic (exact) mass is 473 g/mol. The molecule has 0 amide bonds. The lowest BCUT2D eigenvalue weighted by molar-refractivity contribution is 0.00659. The highest BCUT2D eigenvalue weighted by atomic mass is 16.7.